The summed E-state index contributed by atoms with van der Waals surface area (Å²) in [6.45, 7) is 0.369. The van der Waals surface area contributed by atoms with E-state index in [2.05, 4.69) is 10.3 Å². The number of benzene rings is 2. The minimum Gasteiger partial charge on any atom is -0.493 e. The van der Waals surface area contributed by atoms with Gasteiger partial charge in [0.15, 0.2) is 17.5 Å². The number of ether oxygens (including phenoxy) is 2. The minimum atomic E-state index is -1.08. The monoisotopic (exact) mass is 475 g/mol. The largest absolute Gasteiger partial charge is 0.493 e. The van der Waals surface area contributed by atoms with E-state index in [1.165, 1.54) is 0 Å². The predicted octanol–water partition coefficient (Wildman–Crippen LogP) is 2.86. The maximum absolute atomic E-state index is 12.1. The molecular formula is C17H22IN3O3S. The Balaban J connectivity index is 0.00000312. The number of halogens is 1. The molecule has 3 N–H and O–H groups in total. The van der Waals surface area contributed by atoms with E-state index in [0.29, 0.717) is 23.8 Å². The van der Waals surface area contributed by atoms with E-state index in [4.69, 9.17) is 15.2 Å². The molecule has 0 saturated heterocycles. The first-order chi connectivity index (χ1) is 11.6. The van der Waals surface area contributed by atoms with E-state index in [1.807, 2.05) is 36.4 Å². The van der Waals surface area contributed by atoms with Crippen LogP contribution < -0.4 is 20.5 Å². The summed E-state index contributed by atoms with van der Waals surface area (Å²) in [7, 11) is 2.06. The van der Waals surface area contributed by atoms with Gasteiger partial charge in [-0.05, 0) is 24.3 Å². The van der Waals surface area contributed by atoms with Crippen LogP contribution in [0, 0.1) is 0 Å². The van der Waals surface area contributed by atoms with Crippen molar-refractivity contribution < 1.29 is 13.7 Å². The molecule has 1 unspecified atom stereocenters. The fourth-order valence-electron chi connectivity index (χ4n) is 2.04. The molecule has 0 fully saturated rings. The van der Waals surface area contributed by atoms with Gasteiger partial charge in [-0.15, -0.1) is 24.0 Å². The molecule has 136 valence electrons. The van der Waals surface area contributed by atoms with Crippen LogP contribution in [0.3, 0.4) is 0 Å². The molecule has 0 aliphatic rings. The molecule has 0 spiro atoms. The number of aliphatic imine (C=N–C) groups is 1. The van der Waals surface area contributed by atoms with Crippen LogP contribution in [-0.4, -0.2) is 36.7 Å². The Kier molecular flexibility index (Phi) is 9.28. The number of hydrogen-bond acceptors (Lipinski definition) is 4. The molecule has 0 bridgehead atoms. The summed E-state index contributed by atoms with van der Waals surface area (Å²) in [5, 5.41) is 2.97. The first-order valence-corrected chi connectivity index (χ1v) is 8.68. The number of guanidine groups is 1. The molecule has 6 nitrogen and oxygen atoms in total. The van der Waals surface area contributed by atoms with Gasteiger partial charge in [0, 0.05) is 22.4 Å². The highest BCUT2D eigenvalue weighted by molar-refractivity contribution is 14.0. The summed E-state index contributed by atoms with van der Waals surface area (Å²) in [4.78, 5) is 4.99. The molecule has 0 amide bonds. The minimum absolute atomic E-state index is 0. The quantitative estimate of drug-likeness (QED) is 0.366. The van der Waals surface area contributed by atoms with E-state index >= 15 is 0 Å². The fraction of sp³-hybridized carbons (Fsp3) is 0.235. The molecule has 2 rings (SSSR count). The Morgan fingerprint density at radius 1 is 1.12 bits per heavy atom. The van der Waals surface area contributed by atoms with Gasteiger partial charge >= 0.3 is 0 Å². The summed E-state index contributed by atoms with van der Waals surface area (Å²) in [5.74, 6) is 1.91. The lowest BCUT2D eigenvalue weighted by molar-refractivity contribution is 0.355. The SMILES string of the molecule is COc1ccc(NC(N)=NCCS(=O)c2ccccc2)cc1OC.I. The van der Waals surface area contributed by atoms with Crippen LogP contribution in [0.15, 0.2) is 58.4 Å². The third-order valence-electron chi connectivity index (χ3n) is 3.22. The van der Waals surface area contributed by atoms with Crippen LogP contribution in [0.25, 0.3) is 0 Å². The number of methoxy groups -OCH3 is 2. The summed E-state index contributed by atoms with van der Waals surface area (Å²) < 4.78 is 22.5. The second kappa shape index (κ2) is 10.9. The predicted molar refractivity (Wildman–Crippen MR) is 113 cm³/mol. The van der Waals surface area contributed by atoms with Gasteiger partial charge in [0.2, 0.25) is 0 Å². The number of nitrogens with zero attached hydrogens (tertiary/aromatic N) is 1. The highest BCUT2D eigenvalue weighted by Crippen LogP contribution is 2.29. The van der Waals surface area contributed by atoms with Gasteiger partial charge in [-0.1, -0.05) is 18.2 Å². The van der Waals surface area contributed by atoms with Crippen molar-refractivity contribution in [2.45, 2.75) is 4.90 Å². The number of nitrogens with two attached hydrogens (primary N) is 1. The normalized spacial score (nSPS) is 12.0. The molecule has 0 saturated carbocycles. The van der Waals surface area contributed by atoms with Crippen LogP contribution in [0.2, 0.25) is 0 Å². The second-order valence-corrected chi connectivity index (χ2v) is 6.40. The standard InChI is InChI=1S/C17H21N3O3S.HI/c1-22-15-9-8-13(12-16(15)23-2)20-17(18)19-10-11-24(21)14-6-4-3-5-7-14;/h3-9,12H,10-11H2,1-2H3,(H3,18,19,20);1H. The maximum atomic E-state index is 12.1. The van der Waals surface area contributed by atoms with Gasteiger partial charge in [0.25, 0.3) is 0 Å². The lowest BCUT2D eigenvalue weighted by Crippen LogP contribution is -2.23. The molecule has 1 atom stereocenters. The van der Waals surface area contributed by atoms with Gasteiger partial charge in [-0.3, -0.25) is 9.20 Å². The van der Waals surface area contributed by atoms with Crippen molar-refractivity contribution in [3.05, 3.63) is 48.5 Å². The third-order valence-corrected chi connectivity index (χ3v) is 4.57. The Labute approximate surface area is 167 Å². The highest BCUT2D eigenvalue weighted by atomic mass is 127. The first kappa shape index (κ1) is 21.2. The number of hydrogen-bond donors (Lipinski definition) is 2. The summed E-state index contributed by atoms with van der Waals surface area (Å²) in [5.41, 5.74) is 6.59. The Bertz CT molecular complexity index is 726. The van der Waals surface area contributed by atoms with Crippen molar-refractivity contribution in [1.82, 2.24) is 0 Å². The molecular weight excluding hydrogens is 453 g/mol. The zero-order chi connectivity index (χ0) is 17.4. The van der Waals surface area contributed by atoms with Gasteiger partial charge in [0.05, 0.1) is 31.6 Å². The van der Waals surface area contributed by atoms with Crippen LogP contribution in [0.4, 0.5) is 5.69 Å². The Morgan fingerprint density at radius 2 is 1.80 bits per heavy atom. The van der Waals surface area contributed by atoms with Crippen LogP contribution >= 0.6 is 24.0 Å². The van der Waals surface area contributed by atoms with Crippen molar-refractivity contribution in [3.8, 4) is 11.5 Å². The van der Waals surface area contributed by atoms with Crippen molar-refractivity contribution in [3.63, 3.8) is 0 Å². The van der Waals surface area contributed by atoms with Crippen LogP contribution in [0.1, 0.15) is 0 Å². The smallest absolute Gasteiger partial charge is 0.193 e. The summed E-state index contributed by atoms with van der Waals surface area (Å²) in [6, 6.07) is 14.7. The van der Waals surface area contributed by atoms with Crippen LogP contribution in [-0.2, 0) is 10.8 Å². The van der Waals surface area contributed by atoms with E-state index < -0.39 is 10.8 Å². The van der Waals surface area contributed by atoms with Gasteiger partial charge in [0.1, 0.15) is 0 Å². The van der Waals surface area contributed by atoms with E-state index in [1.54, 1.807) is 26.4 Å². The topological polar surface area (TPSA) is 85.9 Å². The van der Waals surface area contributed by atoms with Crippen molar-refractivity contribution >= 4 is 46.4 Å². The zero-order valence-electron chi connectivity index (χ0n) is 14.1. The van der Waals surface area contributed by atoms with Crippen molar-refractivity contribution in [1.29, 1.82) is 0 Å². The molecule has 0 radical (unpaired) electrons. The fourth-order valence-corrected chi connectivity index (χ4v) is 2.99. The molecule has 2 aromatic rings. The van der Waals surface area contributed by atoms with E-state index in [-0.39, 0.29) is 29.9 Å². The van der Waals surface area contributed by atoms with Gasteiger partial charge < -0.3 is 20.5 Å². The average Bonchev–Trinajstić information content (AvgIpc) is 2.62. The van der Waals surface area contributed by atoms with Gasteiger partial charge in [-0.2, -0.15) is 0 Å². The number of nitrogens with one attached hydrogen (secondary N) is 1. The first-order valence-electron chi connectivity index (χ1n) is 7.36. The van der Waals surface area contributed by atoms with Crippen molar-refractivity contribution in [2.24, 2.45) is 10.7 Å². The molecule has 0 aromatic heterocycles. The lowest BCUT2D eigenvalue weighted by atomic mass is 10.3. The van der Waals surface area contributed by atoms with Crippen LogP contribution in [0.5, 0.6) is 11.5 Å². The van der Waals surface area contributed by atoms with Gasteiger partial charge in [-0.25, -0.2) is 0 Å². The molecule has 25 heavy (non-hydrogen) atoms. The Morgan fingerprint density at radius 3 is 2.44 bits per heavy atom. The van der Waals surface area contributed by atoms with E-state index in [9.17, 15) is 4.21 Å². The highest BCUT2D eigenvalue weighted by Gasteiger charge is 2.05. The molecule has 8 heteroatoms. The second-order valence-electron chi connectivity index (χ2n) is 4.82. The summed E-state index contributed by atoms with van der Waals surface area (Å²) in [6.07, 6.45) is 0. The van der Waals surface area contributed by atoms with E-state index in [0.717, 1.165) is 10.6 Å². The maximum Gasteiger partial charge on any atom is 0.193 e. The lowest BCUT2D eigenvalue weighted by Gasteiger charge is -2.10. The summed E-state index contributed by atoms with van der Waals surface area (Å²) >= 11 is 0. The number of rotatable bonds is 7. The van der Waals surface area contributed by atoms with Crippen molar-refractivity contribution in [2.75, 3.05) is 31.8 Å². The molecule has 0 aliphatic heterocycles. The molecule has 2 aromatic carbocycles. The Hall–Kier alpha value is -1.81. The average molecular weight is 475 g/mol. The number of anilines is 1. The zero-order valence-corrected chi connectivity index (χ0v) is 17.2. The molecule has 0 heterocycles. The molecule has 0 aliphatic carbocycles. The third kappa shape index (κ3) is 6.54.